The summed E-state index contributed by atoms with van der Waals surface area (Å²) in [5.74, 6) is 0. The van der Waals surface area contributed by atoms with E-state index in [0.29, 0.717) is 0 Å². The molecule has 0 amide bonds. The van der Waals surface area contributed by atoms with Crippen molar-refractivity contribution in [1.82, 2.24) is 0 Å². The Bertz CT molecular complexity index is 702. The molecule has 1 aliphatic carbocycles. The summed E-state index contributed by atoms with van der Waals surface area (Å²) in [7, 11) is 0. The van der Waals surface area contributed by atoms with Crippen molar-refractivity contribution in [3.05, 3.63) is 64.2 Å². The smallest absolute Gasteiger partial charge is 0.151 e. The molecule has 100 valence electrons. The Labute approximate surface area is 124 Å². The zero-order valence-electron chi connectivity index (χ0n) is 11.3. The van der Waals surface area contributed by atoms with Gasteiger partial charge in [-0.2, -0.15) is 5.26 Å². The number of rotatable bonds is 2. The minimum atomic E-state index is -0.645. The maximum absolute atomic E-state index is 9.72. The van der Waals surface area contributed by atoms with Crippen molar-refractivity contribution in [3.63, 3.8) is 0 Å². The van der Waals surface area contributed by atoms with Crippen LogP contribution in [0.2, 0.25) is 5.02 Å². The predicted molar refractivity (Wildman–Crippen MR) is 81.9 cm³/mol. The average Bonchev–Trinajstić information content (AvgIpc) is 2.77. The van der Waals surface area contributed by atoms with Crippen molar-refractivity contribution in [2.24, 2.45) is 0 Å². The minimum Gasteiger partial charge on any atom is -0.364 e. The number of nitrogens with one attached hydrogen (secondary N) is 1. The first-order chi connectivity index (χ1) is 9.63. The van der Waals surface area contributed by atoms with E-state index < -0.39 is 5.54 Å². The van der Waals surface area contributed by atoms with Gasteiger partial charge in [-0.3, -0.25) is 0 Å². The highest BCUT2D eigenvalue weighted by molar-refractivity contribution is 6.30. The number of nitrogens with zero attached hydrogens (tertiary/aromatic N) is 1. The van der Waals surface area contributed by atoms with Gasteiger partial charge in [0.05, 0.1) is 6.07 Å². The number of nitriles is 1. The summed E-state index contributed by atoms with van der Waals surface area (Å²) in [5.41, 5.74) is 3.73. The third-order valence-corrected chi connectivity index (χ3v) is 4.10. The van der Waals surface area contributed by atoms with Gasteiger partial charge in [-0.15, -0.1) is 0 Å². The zero-order valence-corrected chi connectivity index (χ0v) is 12.0. The van der Waals surface area contributed by atoms with Gasteiger partial charge in [0.2, 0.25) is 0 Å². The molecule has 0 aromatic heterocycles. The van der Waals surface area contributed by atoms with Crippen molar-refractivity contribution < 1.29 is 0 Å². The van der Waals surface area contributed by atoms with Crippen LogP contribution in [0.15, 0.2) is 42.5 Å². The highest BCUT2D eigenvalue weighted by Crippen LogP contribution is 2.40. The molecule has 3 heteroatoms. The molecule has 0 bridgehead atoms. The summed E-state index contributed by atoms with van der Waals surface area (Å²) in [5, 5.41) is 13.9. The molecule has 1 atom stereocenters. The number of hydrogen-bond acceptors (Lipinski definition) is 2. The maximum Gasteiger partial charge on any atom is 0.151 e. The molecular weight excluding hydrogens is 268 g/mol. The fourth-order valence-corrected chi connectivity index (χ4v) is 3.08. The van der Waals surface area contributed by atoms with Crippen LogP contribution in [0, 0.1) is 18.3 Å². The first-order valence-corrected chi connectivity index (χ1v) is 7.06. The van der Waals surface area contributed by atoms with Crippen molar-refractivity contribution in [3.8, 4) is 6.07 Å². The highest BCUT2D eigenvalue weighted by atomic mass is 35.5. The third-order valence-electron chi connectivity index (χ3n) is 3.86. The number of halogens is 1. The predicted octanol–water partition coefficient (Wildman–Crippen LogP) is 4.43. The molecule has 0 heterocycles. The Balaban J connectivity index is 2.01. The molecule has 2 aromatic rings. The summed E-state index contributed by atoms with van der Waals surface area (Å²) < 4.78 is 0. The summed E-state index contributed by atoms with van der Waals surface area (Å²) in [4.78, 5) is 0. The van der Waals surface area contributed by atoms with Gasteiger partial charge in [0, 0.05) is 10.7 Å². The molecule has 1 aliphatic rings. The molecule has 0 radical (unpaired) electrons. The fraction of sp³-hybridized carbons (Fsp3) is 0.235. The van der Waals surface area contributed by atoms with E-state index in [1.807, 2.05) is 43.3 Å². The van der Waals surface area contributed by atoms with Crippen LogP contribution in [-0.2, 0) is 12.0 Å². The molecule has 2 nitrogen and oxygen atoms in total. The molecule has 0 saturated carbocycles. The lowest BCUT2D eigenvalue weighted by Crippen LogP contribution is -2.31. The Morgan fingerprint density at radius 3 is 2.85 bits per heavy atom. The molecule has 20 heavy (non-hydrogen) atoms. The van der Waals surface area contributed by atoms with Crippen molar-refractivity contribution >= 4 is 17.3 Å². The normalized spacial score (nSPS) is 20.2. The van der Waals surface area contributed by atoms with Crippen molar-refractivity contribution in [2.75, 3.05) is 5.32 Å². The van der Waals surface area contributed by atoms with Gasteiger partial charge in [-0.1, -0.05) is 29.8 Å². The van der Waals surface area contributed by atoms with E-state index in [4.69, 9.17) is 11.6 Å². The van der Waals surface area contributed by atoms with E-state index in [1.165, 1.54) is 11.1 Å². The Morgan fingerprint density at radius 2 is 2.10 bits per heavy atom. The van der Waals surface area contributed by atoms with Gasteiger partial charge in [-0.25, -0.2) is 0 Å². The van der Waals surface area contributed by atoms with E-state index in [2.05, 4.69) is 17.5 Å². The molecule has 1 N–H and O–H groups in total. The molecule has 1 unspecified atom stereocenters. The second-order valence-corrected chi connectivity index (χ2v) is 5.75. The van der Waals surface area contributed by atoms with Crippen LogP contribution in [0.25, 0.3) is 0 Å². The van der Waals surface area contributed by atoms with Gasteiger partial charge in [0.25, 0.3) is 0 Å². The molecule has 0 spiro atoms. The Morgan fingerprint density at radius 1 is 1.25 bits per heavy atom. The van der Waals surface area contributed by atoms with Crippen LogP contribution in [0.4, 0.5) is 5.69 Å². The lowest BCUT2D eigenvalue weighted by atomic mass is 9.93. The molecule has 0 saturated heterocycles. The van der Waals surface area contributed by atoms with Gasteiger partial charge in [0.15, 0.2) is 5.54 Å². The van der Waals surface area contributed by atoms with Crippen LogP contribution in [-0.4, -0.2) is 0 Å². The van der Waals surface area contributed by atoms with Crippen molar-refractivity contribution in [1.29, 1.82) is 5.26 Å². The lowest BCUT2D eigenvalue weighted by molar-refractivity contribution is 0.621. The van der Waals surface area contributed by atoms with E-state index >= 15 is 0 Å². The van der Waals surface area contributed by atoms with Crippen LogP contribution in [0.3, 0.4) is 0 Å². The monoisotopic (exact) mass is 282 g/mol. The molecule has 0 fully saturated rings. The molecular formula is C17H15ClN2. The third kappa shape index (κ3) is 2.15. The second-order valence-electron chi connectivity index (χ2n) is 5.31. The Kier molecular flexibility index (Phi) is 3.16. The largest absolute Gasteiger partial charge is 0.364 e. The van der Waals surface area contributed by atoms with E-state index in [0.717, 1.165) is 29.1 Å². The lowest BCUT2D eigenvalue weighted by Gasteiger charge is -2.25. The molecule has 2 aromatic carbocycles. The quantitative estimate of drug-likeness (QED) is 0.885. The first kappa shape index (κ1) is 13.0. The fourth-order valence-electron chi connectivity index (χ4n) is 2.89. The maximum atomic E-state index is 9.72. The number of aryl methyl sites for hydroxylation is 2. The van der Waals surface area contributed by atoms with Gasteiger partial charge >= 0.3 is 0 Å². The Hall–Kier alpha value is -1.98. The van der Waals surface area contributed by atoms with E-state index in [-0.39, 0.29) is 0 Å². The van der Waals surface area contributed by atoms with Gasteiger partial charge in [-0.05, 0) is 60.7 Å². The van der Waals surface area contributed by atoms with Gasteiger partial charge in [0.1, 0.15) is 0 Å². The van der Waals surface area contributed by atoms with Crippen LogP contribution < -0.4 is 5.32 Å². The summed E-state index contributed by atoms with van der Waals surface area (Å²) in [6.45, 7) is 2.05. The van der Waals surface area contributed by atoms with Crippen LogP contribution in [0.5, 0.6) is 0 Å². The summed E-state index contributed by atoms with van der Waals surface area (Å²) in [6, 6.07) is 16.4. The average molecular weight is 283 g/mol. The molecule has 0 aliphatic heterocycles. The zero-order chi connectivity index (χ0) is 14.2. The van der Waals surface area contributed by atoms with Crippen molar-refractivity contribution in [2.45, 2.75) is 25.3 Å². The standard InChI is InChI=1S/C17H15ClN2/c1-12-3-2-4-15(9-12)20-17(11-19)8-7-13-10-14(18)5-6-16(13)17/h2-6,9-10,20H,7-8H2,1H3. The second kappa shape index (κ2) is 4.85. The van der Waals surface area contributed by atoms with E-state index in [9.17, 15) is 5.26 Å². The SMILES string of the molecule is Cc1cccc(NC2(C#N)CCc3cc(Cl)ccc32)c1. The van der Waals surface area contributed by atoms with E-state index in [1.54, 1.807) is 0 Å². The number of anilines is 1. The number of hydrogen-bond donors (Lipinski definition) is 1. The number of fused-ring (bicyclic) bond motifs is 1. The minimum absolute atomic E-state index is 0.645. The number of benzene rings is 2. The topological polar surface area (TPSA) is 35.8 Å². The molecule has 3 rings (SSSR count). The van der Waals surface area contributed by atoms with Crippen LogP contribution in [0.1, 0.15) is 23.1 Å². The summed E-state index contributed by atoms with van der Waals surface area (Å²) in [6.07, 6.45) is 1.65. The van der Waals surface area contributed by atoms with Crippen LogP contribution >= 0.6 is 11.6 Å². The van der Waals surface area contributed by atoms with Gasteiger partial charge < -0.3 is 5.32 Å². The highest BCUT2D eigenvalue weighted by Gasteiger charge is 2.39. The first-order valence-electron chi connectivity index (χ1n) is 6.68. The summed E-state index contributed by atoms with van der Waals surface area (Å²) >= 11 is 6.04.